The molecule has 0 aromatic carbocycles. The lowest BCUT2D eigenvalue weighted by Crippen LogP contribution is -2.74. The van der Waals surface area contributed by atoms with Crippen molar-refractivity contribution in [2.24, 2.45) is 28.1 Å². The summed E-state index contributed by atoms with van der Waals surface area (Å²) in [5.74, 6) is -2.85. The number of Topliss-reactive ketones (excluding diaryl/α,β-unsaturated/α-hetero) is 1. The van der Waals surface area contributed by atoms with Gasteiger partial charge in [0.25, 0.3) is 0 Å². The molecule has 4 aliphatic rings. The summed E-state index contributed by atoms with van der Waals surface area (Å²) in [5, 5.41) is 0. The van der Waals surface area contributed by atoms with Crippen LogP contribution in [0.2, 0.25) is 0 Å². The minimum Gasteiger partial charge on any atom is -0.472 e. The summed E-state index contributed by atoms with van der Waals surface area (Å²) < 4.78 is 28.8. The highest BCUT2D eigenvalue weighted by Gasteiger charge is 2.74. The Morgan fingerprint density at radius 1 is 1.18 bits per heavy atom. The van der Waals surface area contributed by atoms with Gasteiger partial charge in [0.05, 0.1) is 32.2 Å². The molecule has 2 saturated heterocycles. The van der Waals surface area contributed by atoms with Crippen molar-refractivity contribution in [3.8, 4) is 0 Å². The van der Waals surface area contributed by atoms with Crippen molar-refractivity contribution in [3.05, 3.63) is 36.3 Å². The van der Waals surface area contributed by atoms with E-state index in [0.717, 1.165) is 11.1 Å². The lowest BCUT2D eigenvalue weighted by atomic mass is 9.41. The summed E-state index contributed by atoms with van der Waals surface area (Å²) in [6, 6.07) is 1.78. The minimum absolute atomic E-state index is 0.0214. The maximum atomic E-state index is 13.7. The van der Waals surface area contributed by atoms with E-state index in [0.29, 0.717) is 12.8 Å². The number of cyclic esters (lactones) is 1. The number of carbonyl (C=O) groups is 4. The molecule has 206 valence electrons. The van der Waals surface area contributed by atoms with E-state index in [1.165, 1.54) is 14.0 Å². The van der Waals surface area contributed by atoms with Crippen molar-refractivity contribution < 1.29 is 42.5 Å². The van der Waals surface area contributed by atoms with E-state index in [1.54, 1.807) is 32.4 Å². The standard InChI is InChI=1S/C29H36O9/c1-15-18-8-10-27(5)24(17-9-11-35-14-17)37-21(32)13-29(15,27)38-20-12-19(31)26(3,4)23(28(18,20)6)22(25(33)34-7)36-16(2)30/h9,11,14,18,20,22-24H,1,8,10,12-13H2,2-7H3/t18?,20-,22-,23-,24-,27-,28-,29-/m0/s1. The Balaban J connectivity index is 1.66. The average Bonchev–Trinajstić information content (AvgIpc) is 3.36. The molecular formula is C29H36O9. The predicted molar refractivity (Wildman–Crippen MR) is 132 cm³/mol. The third kappa shape index (κ3) is 3.33. The van der Waals surface area contributed by atoms with E-state index in [4.69, 9.17) is 23.4 Å². The van der Waals surface area contributed by atoms with Crippen LogP contribution in [-0.4, -0.2) is 48.6 Å². The van der Waals surface area contributed by atoms with Gasteiger partial charge in [0.15, 0.2) is 0 Å². The lowest BCUT2D eigenvalue weighted by Gasteiger charge is -2.70. The monoisotopic (exact) mass is 528 g/mol. The van der Waals surface area contributed by atoms with Gasteiger partial charge >= 0.3 is 17.9 Å². The molecule has 2 aliphatic carbocycles. The van der Waals surface area contributed by atoms with Gasteiger partial charge in [-0.15, -0.1) is 0 Å². The van der Waals surface area contributed by atoms with Crippen LogP contribution < -0.4 is 0 Å². The molecule has 1 spiro atoms. The zero-order valence-electron chi connectivity index (χ0n) is 22.8. The Kier molecular flexibility index (Phi) is 5.98. The second-order valence-corrected chi connectivity index (χ2v) is 12.3. The summed E-state index contributed by atoms with van der Waals surface area (Å²) in [5.41, 5.74) is -2.10. The Labute approximate surface area is 222 Å². The number of hydrogen-bond donors (Lipinski definition) is 0. The zero-order chi connectivity index (χ0) is 27.8. The van der Waals surface area contributed by atoms with Gasteiger partial charge in [-0.1, -0.05) is 34.3 Å². The van der Waals surface area contributed by atoms with E-state index >= 15 is 0 Å². The van der Waals surface area contributed by atoms with E-state index in [9.17, 15) is 19.2 Å². The van der Waals surface area contributed by atoms with Gasteiger partial charge in [0.2, 0.25) is 6.10 Å². The van der Waals surface area contributed by atoms with Crippen molar-refractivity contribution in [3.63, 3.8) is 0 Å². The average molecular weight is 529 g/mol. The predicted octanol–water partition coefficient (Wildman–Crippen LogP) is 4.10. The van der Waals surface area contributed by atoms with E-state index < -0.39 is 64.0 Å². The van der Waals surface area contributed by atoms with Gasteiger partial charge in [-0.25, -0.2) is 4.79 Å². The molecule has 3 heterocycles. The second kappa shape index (κ2) is 8.53. The fourth-order valence-corrected chi connectivity index (χ4v) is 8.34. The third-order valence-corrected chi connectivity index (χ3v) is 10.2. The first-order chi connectivity index (χ1) is 17.7. The Morgan fingerprint density at radius 2 is 1.89 bits per heavy atom. The largest absolute Gasteiger partial charge is 0.472 e. The lowest BCUT2D eigenvalue weighted by molar-refractivity contribution is -0.303. The van der Waals surface area contributed by atoms with Crippen LogP contribution in [0.25, 0.3) is 0 Å². The first-order valence-electron chi connectivity index (χ1n) is 13.1. The molecule has 1 aromatic rings. The summed E-state index contributed by atoms with van der Waals surface area (Å²) >= 11 is 0. The summed E-state index contributed by atoms with van der Waals surface area (Å²) in [6.07, 6.45) is 1.93. The molecule has 1 aromatic heterocycles. The molecule has 9 nitrogen and oxygen atoms in total. The van der Waals surface area contributed by atoms with Crippen LogP contribution in [0, 0.1) is 28.1 Å². The molecule has 2 bridgehead atoms. The van der Waals surface area contributed by atoms with Crippen molar-refractivity contribution in [1.82, 2.24) is 0 Å². The smallest absolute Gasteiger partial charge is 0.347 e. The van der Waals surface area contributed by atoms with Gasteiger partial charge in [-0.2, -0.15) is 0 Å². The molecule has 1 unspecified atom stereocenters. The molecule has 38 heavy (non-hydrogen) atoms. The van der Waals surface area contributed by atoms with Gasteiger partial charge in [-0.05, 0) is 30.4 Å². The van der Waals surface area contributed by atoms with E-state index in [1.807, 2.05) is 13.8 Å². The summed E-state index contributed by atoms with van der Waals surface area (Å²) in [4.78, 5) is 52.0. The van der Waals surface area contributed by atoms with Crippen LogP contribution in [0.4, 0.5) is 0 Å². The third-order valence-electron chi connectivity index (χ3n) is 10.2. The number of ether oxygens (including phenoxy) is 4. The topological polar surface area (TPSA) is 118 Å². The number of methoxy groups -OCH3 is 1. The van der Waals surface area contributed by atoms with E-state index in [2.05, 4.69) is 6.58 Å². The molecule has 0 radical (unpaired) electrons. The maximum absolute atomic E-state index is 13.7. The molecule has 2 saturated carbocycles. The number of esters is 3. The fourth-order valence-electron chi connectivity index (χ4n) is 8.34. The van der Waals surface area contributed by atoms with Crippen molar-refractivity contribution >= 4 is 23.7 Å². The highest BCUT2D eigenvalue weighted by molar-refractivity contribution is 5.89. The van der Waals surface area contributed by atoms with Crippen LogP contribution in [-0.2, 0) is 38.1 Å². The molecule has 9 heteroatoms. The summed E-state index contributed by atoms with van der Waals surface area (Å²) in [7, 11) is 1.23. The molecule has 0 N–H and O–H groups in total. The Morgan fingerprint density at radius 3 is 2.50 bits per heavy atom. The van der Waals surface area contributed by atoms with Gasteiger partial charge in [0.1, 0.15) is 17.5 Å². The Hall–Kier alpha value is -2.94. The molecule has 4 fully saturated rings. The van der Waals surface area contributed by atoms with Gasteiger partial charge in [0, 0.05) is 41.1 Å². The number of carbonyl (C=O) groups excluding carboxylic acids is 4. The molecule has 2 aliphatic heterocycles. The van der Waals surface area contributed by atoms with Crippen LogP contribution in [0.1, 0.15) is 72.0 Å². The van der Waals surface area contributed by atoms with Crippen molar-refractivity contribution in [1.29, 1.82) is 0 Å². The highest BCUT2D eigenvalue weighted by atomic mass is 16.6. The van der Waals surface area contributed by atoms with Crippen LogP contribution >= 0.6 is 0 Å². The van der Waals surface area contributed by atoms with Crippen LogP contribution in [0.3, 0.4) is 0 Å². The minimum atomic E-state index is -1.31. The first-order valence-corrected chi connectivity index (χ1v) is 13.1. The van der Waals surface area contributed by atoms with Gasteiger partial charge < -0.3 is 23.4 Å². The first kappa shape index (κ1) is 26.7. The number of ketones is 1. The molecular weight excluding hydrogens is 492 g/mol. The summed E-state index contributed by atoms with van der Waals surface area (Å²) in [6.45, 7) is 13.4. The zero-order valence-corrected chi connectivity index (χ0v) is 22.8. The number of fused-ring (bicyclic) bond motifs is 3. The van der Waals surface area contributed by atoms with Crippen molar-refractivity contribution in [2.45, 2.75) is 84.2 Å². The van der Waals surface area contributed by atoms with E-state index in [-0.39, 0.29) is 24.5 Å². The Bertz CT molecular complexity index is 1200. The maximum Gasteiger partial charge on any atom is 0.347 e. The van der Waals surface area contributed by atoms with Gasteiger partial charge in [-0.3, -0.25) is 14.4 Å². The highest BCUT2D eigenvalue weighted by Crippen LogP contribution is 2.71. The number of furan rings is 1. The van der Waals surface area contributed by atoms with Crippen LogP contribution in [0.5, 0.6) is 0 Å². The molecule has 5 rings (SSSR count). The number of rotatable bonds is 4. The normalized spacial score (nSPS) is 40.3. The SMILES string of the molecule is C=C1C2CC[C@@]3(C)[C@H](c4ccoc4)OC(=O)C[C@]13O[C@H]1CC(=O)C(C)(C)[C@H]([C@H](OC(C)=O)C(=O)OC)[C@@]21C. The van der Waals surface area contributed by atoms with Crippen molar-refractivity contribution in [2.75, 3.05) is 7.11 Å². The van der Waals surface area contributed by atoms with Crippen LogP contribution in [0.15, 0.2) is 35.2 Å². The fraction of sp³-hybridized carbons (Fsp3) is 0.655. The molecule has 8 atom stereocenters. The second-order valence-electron chi connectivity index (χ2n) is 12.3. The quantitative estimate of drug-likeness (QED) is 0.323. The molecule has 0 amide bonds. The number of hydrogen-bond acceptors (Lipinski definition) is 9.